The van der Waals surface area contributed by atoms with Crippen molar-refractivity contribution in [2.75, 3.05) is 13.2 Å². The molecule has 0 rings (SSSR count). The van der Waals surface area contributed by atoms with Crippen molar-refractivity contribution < 1.29 is 19.1 Å². The molecule has 0 aliphatic heterocycles. The van der Waals surface area contributed by atoms with Crippen molar-refractivity contribution in [2.24, 2.45) is 0 Å². The van der Waals surface area contributed by atoms with Crippen LogP contribution in [0, 0.1) is 0 Å². The summed E-state index contributed by atoms with van der Waals surface area (Å²) in [6.07, 6.45) is 13.4. The minimum atomic E-state index is -0.187. The summed E-state index contributed by atoms with van der Waals surface area (Å²) in [5, 5.41) is 0. The minimum absolute atomic E-state index is 0.177. The lowest BCUT2D eigenvalue weighted by atomic mass is 10.1. The highest BCUT2D eigenvalue weighted by atomic mass is 16.6. The van der Waals surface area contributed by atoms with Gasteiger partial charge >= 0.3 is 11.9 Å². The van der Waals surface area contributed by atoms with Crippen LogP contribution in [0.3, 0.4) is 0 Å². The monoisotopic (exact) mass is 328 g/mol. The Labute approximate surface area is 142 Å². The summed E-state index contributed by atoms with van der Waals surface area (Å²) in [4.78, 5) is 22.9. The standard InChI is InChI=1S/C19H36O4/c1-3-5-7-9-11-13-15-19(21)23-17-16-22-18(20)14-12-10-8-6-4-2/h3-17H2,1-2H3. The molecule has 0 aliphatic carbocycles. The molecule has 0 unspecified atom stereocenters. The predicted octanol–water partition coefficient (Wildman–Crippen LogP) is 5.18. The molecular formula is C19H36O4. The Kier molecular flexibility index (Phi) is 16.5. The van der Waals surface area contributed by atoms with Crippen molar-refractivity contribution in [1.29, 1.82) is 0 Å². The SMILES string of the molecule is CCCCCCCCC(=O)OCCOC(=O)CCCCCCC. The van der Waals surface area contributed by atoms with Crippen LogP contribution in [0.25, 0.3) is 0 Å². The Morgan fingerprint density at radius 2 is 0.913 bits per heavy atom. The maximum Gasteiger partial charge on any atom is 0.305 e. The van der Waals surface area contributed by atoms with E-state index < -0.39 is 0 Å². The molecule has 0 spiro atoms. The van der Waals surface area contributed by atoms with Crippen molar-refractivity contribution in [3.05, 3.63) is 0 Å². The van der Waals surface area contributed by atoms with Crippen LogP contribution in [0.2, 0.25) is 0 Å². The van der Waals surface area contributed by atoms with Crippen LogP contribution in [0.15, 0.2) is 0 Å². The fourth-order valence-electron chi connectivity index (χ4n) is 2.38. The number of esters is 2. The number of carbonyl (C=O) groups is 2. The lowest BCUT2D eigenvalue weighted by Gasteiger charge is -2.06. The van der Waals surface area contributed by atoms with Gasteiger partial charge in [-0.3, -0.25) is 9.59 Å². The van der Waals surface area contributed by atoms with E-state index >= 15 is 0 Å². The highest BCUT2D eigenvalue weighted by Crippen LogP contribution is 2.08. The number of unbranched alkanes of at least 4 members (excludes halogenated alkanes) is 9. The van der Waals surface area contributed by atoms with Crippen molar-refractivity contribution in [1.82, 2.24) is 0 Å². The second-order valence-corrected chi connectivity index (χ2v) is 6.12. The van der Waals surface area contributed by atoms with Crippen LogP contribution in [-0.2, 0) is 19.1 Å². The molecule has 0 aromatic heterocycles. The van der Waals surface area contributed by atoms with Crippen molar-refractivity contribution >= 4 is 11.9 Å². The second kappa shape index (κ2) is 17.3. The van der Waals surface area contributed by atoms with Crippen LogP contribution >= 0.6 is 0 Å². The molecular weight excluding hydrogens is 292 g/mol. The average molecular weight is 328 g/mol. The highest BCUT2D eigenvalue weighted by Gasteiger charge is 2.05. The van der Waals surface area contributed by atoms with Gasteiger partial charge in [0.15, 0.2) is 0 Å². The molecule has 0 bridgehead atoms. The number of hydrogen-bond donors (Lipinski definition) is 0. The molecule has 0 aromatic carbocycles. The van der Waals surface area contributed by atoms with Gasteiger partial charge in [0.1, 0.15) is 13.2 Å². The molecule has 0 saturated carbocycles. The van der Waals surface area contributed by atoms with Gasteiger partial charge in [-0.05, 0) is 12.8 Å². The van der Waals surface area contributed by atoms with Crippen LogP contribution in [0.1, 0.15) is 97.3 Å². The van der Waals surface area contributed by atoms with Gasteiger partial charge in [0.05, 0.1) is 0 Å². The summed E-state index contributed by atoms with van der Waals surface area (Å²) in [6.45, 7) is 4.71. The molecule has 0 aromatic rings. The van der Waals surface area contributed by atoms with E-state index in [1.165, 1.54) is 44.9 Å². The van der Waals surface area contributed by atoms with Gasteiger partial charge in [-0.15, -0.1) is 0 Å². The number of rotatable bonds is 16. The van der Waals surface area contributed by atoms with Crippen molar-refractivity contribution in [2.45, 2.75) is 97.3 Å². The molecule has 0 fully saturated rings. The summed E-state index contributed by atoms with van der Waals surface area (Å²) >= 11 is 0. The van der Waals surface area contributed by atoms with Crippen LogP contribution in [-0.4, -0.2) is 25.2 Å². The fraction of sp³-hybridized carbons (Fsp3) is 0.895. The van der Waals surface area contributed by atoms with E-state index in [2.05, 4.69) is 13.8 Å². The summed E-state index contributed by atoms with van der Waals surface area (Å²) in [5.74, 6) is -0.371. The van der Waals surface area contributed by atoms with Gasteiger partial charge in [0.2, 0.25) is 0 Å². The fourth-order valence-corrected chi connectivity index (χ4v) is 2.38. The Morgan fingerprint density at radius 1 is 0.565 bits per heavy atom. The van der Waals surface area contributed by atoms with Gasteiger partial charge in [-0.1, -0.05) is 71.6 Å². The molecule has 0 N–H and O–H groups in total. The second-order valence-electron chi connectivity index (χ2n) is 6.12. The third-order valence-corrected chi connectivity index (χ3v) is 3.83. The smallest absolute Gasteiger partial charge is 0.305 e. The van der Waals surface area contributed by atoms with E-state index in [1.807, 2.05) is 0 Å². The largest absolute Gasteiger partial charge is 0.462 e. The molecule has 0 amide bonds. The van der Waals surface area contributed by atoms with Crippen LogP contribution in [0.4, 0.5) is 0 Å². The molecule has 4 heteroatoms. The molecule has 0 aliphatic rings. The number of carbonyl (C=O) groups excluding carboxylic acids is 2. The highest BCUT2D eigenvalue weighted by molar-refractivity contribution is 5.70. The lowest BCUT2D eigenvalue weighted by Crippen LogP contribution is -2.13. The molecule has 136 valence electrons. The summed E-state index contributed by atoms with van der Waals surface area (Å²) in [7, 11) is 0. The van der Waals surface area contributed by atoms with E-state index in [4.69, 9.17) is 9.47 Å². The number of ether oxygens (including phenoxy) is 2. The zero-order valence-electron chi connectivity index (χ0n) is 15.2. The molecule has 0 heterocycles. The van der Waals surface area contributed by atoms with E-state index in [0.29, 0.717) is 12.8 Å². The van der Waals surface area contributed by atoms with E-state index in [-0.39, 0.29) is 25.2 Å². The van der Waals surface area contributed by atoms with E-state index in [9.17, 15) is 9.59 Å². The molecule has 0 radical (unpaired) electrons. The Morgan fingerprint density at radius 3 is 1.30 bits per heavy atom. The third kappa shape index (κ3) is 17.1. The van der Waals surface area contributed by atoms with Gasteiger partial charge in [0, 0.05) is 12.8 Å². The van der Waals surface area contributed by atoms with Gasteiger partial charge < -0.3 is 9.47 Å². The minimum Gasteiger partial charge on any atom is -0.462 e. The maximum absolute atomic E-state index is 11.5. The van der Waals surface area contributed by atoms with Crippen LogP contribution < -0.4 is 0 Å². The predicted molar refractivity (Wildman–Crippen MR) is 93.3 cm³/mol. The maximum atomic E-state index is 11.5. The van der Waals surface area contributed by atoms with Gasteiger partial charge in [-0.25, -0.2) is 0 Å². The zero-order chi connectivity index (χ0) is 17.2. The van der Waals surface area contributed by atoms with Gasteiger partial charge in [-0.2, -0.15) is 0 Å². The van der Waals surface area contributed by atoms with Crippen molar-refractivity contribution in [3.8, 4) is 0 Å². The normalized spacial score (nSPS) is 10.5. The lowest BCUT2D eigenvalue weighted by molar-refractivity contribution is -0.152. The summed E-state index contributed by atoms with van der Waals surface area (Å²) < 4.78 is 10.1. The van der Waals surface area contributed by atoms with Gasteiger partial charge in [0.25, 0.3) is 0 Å². The first-order valence-electron chi connectivity index (χ1n) is 9.52. The van der Waals surface area contributed by atoms with E-state index in [1.54, 1.807) is 0 Å². The summed E-state index contributed by atoms with van der Waals surface area (Å²) in [6, 6.07) is 0. The third-order valence-electron chi connectivity index (χ3n) is 3.83. The topological polar surface area (TPSA) is 52.6 Å². The first-order valence-corrected chi connectivity index (χ1v) is 9.52. The first kappa shape index (κ1) is 21.9. The van der Waals surface area contributed by atoms with E-state index in [0.717, 1.165) is 25.7 Å². The quantitative estimate of drug-likeness (QED) is 0.289. The summed E-state index contributed by atoms with van der Waals surface area (Å²) in [5.41, 5.74) is 0. The Balaban J connectivity index is 3.32. The molecule has 0 atom stereocenters. The van der Waals surface area contributed by atoms with Crippen LogP contribution in [0.5, 0.6) is 0 Å². The molecule has 4 nitrogen and oxygen atoms in total. The average Bonchev–Trinajstić information content (AvgIpc) is 2.54. The Bertz CT molecular complexity index is 289. The Hall–Kier alpha value is -1.06. The first-order chi connectivity index (χ1) is 11.2. The number of hydrogen-bond acceptors (Lipinski definition) is 4. The zero-order valence-corrected chi connectivity index (χ0v) is 15.2. The van der Waals surface area contributed by atoms with Crippen molar-refractivity contribution in [3.63, 3.8) is 0 Å². The molecule has 23 heavy (non-hydrogen) atoms. The molecule has 0 saturated heterocycles.